The van der Waals surface area contributed by atoms with Crippen LogP contribution in [0.5, 0.6) is 5.75 Å². The summed E-state index contributed by atoms with van der Waals surface area (Å²) in [5.74, 6) is 1.42. The Balaban J connectivity index is 1.38. The van der Waals surface area contributed by atoms with Crippen LogP contribution in [0.2, 0.25) is 10.0 Å². The molecule has 3 aromatic carbocycles. The number of hydrogen-bond acceptors (Lipinski definition) is 3. The van der Waals surface area contributed by atoms with Gasteiger partial charge in [0.25, 0.3) is 5.91 Å². The smallest absolute Gasteiger partial charge is 0.253 e. The van der Waals surface area contributed by atoms with Crippen LogP contribution in [0.4, 0.5) is 0 Å². The summed E-state index contributed by atoms with van der Waals surface area (Å²) in [5, 5.41) is 4.12. The number of unbranched alkanes of at least 4 members (excludes halogenated alkanes) is 1. The largest absolute Gasteiger partial charge is 0.494 e. The molecule has 4 rings (SSSR count). The summed E-state index contributed by atoms with van der Waals surface area (Å²) in [6, 6.07) is 20.7. The number of ether oxygens (including phenoxy) is 1. The quantitative estimate of drug-likeness (QED) is 0.279. The fourth-order valence-corrected chi connectivity index (χ4v) is 4.02. The monoisotopic (exact) mass is 481 g/mol. The van der Waals surface area contributed by atoms with Crippen molar-refractivity contribution in [2.24, 2.45) is 0 Å². The lowest BCUT2D eigenvalue weighted by Crippen LogP contribution is -2.25. The maximum Gasteiger partial charge on any atom is 0.253 e. The lowest BCUT2D eigenvalue weighted by Gasteiger charge is -2.12. The Morgan fingerprint density at radius 3 is 2.61 bits per heavy atom. The van der Waals surface area contributed by atoms with Crippen molar-refractivity contribution >= 4 is 40.1 Å². The summed E-state index contributed by atoms with van der Waals surface area (Å²) in [6.45, 7) is 3.68. The van der Waals surface area contributed by atoms with Gasteiger partial charge in [0, 0.05) is 11.6 Å². The summed E-state index contributed by atoms with van der Waals surface area (Å²) < 4.78 is 8.03. The van der Waals surface area contributed by atoms with Gasteiger partial charge < -0.3 is 14.6 Å². The predicted octanol–water partition coefficient (Wildman–Crippen LogP) is 6.44. The van der Waals surface area contributed by atoms with Crippen LogP contribution in [0, 0.1) is 6.92 Å². The molecule has 0 aliphatic rings. The lowest BCUT2D eigenvalue weighted by molar-refractivity contribution is 0.0949. The second kappa shape index (κ2) is 10.7. The van der Waals surface area contributed by atoms with Gasteiger partial charge in [-0.25, -0.2) is 4.98 Å². The number of rotatable bonds is 9. The number of carbonyl (C=O) groups is 1. The summed E-state index contributed by atoms with van der Waals surface area (Å²) in [6.07, 6.45) is 1.80. The molecule has 0 radical (unpaired) electrons. The Morgan fingerprint density at radius 2 is 1.79 bits per heavy atom. The first-order valence-corrected chi connectivity index (χ1v) is 11.6. The van der Waals surface area contributed by atoms with Gasteiger partial charge in [-0.15, -0.1) is 0 Å². The zero-order chi connectivity index (χ0) is 23.2. The highest BCUT2D eigenvalue weighted by molar-refractivity contribution is 6.33. The molecule has 0 fully saturated rings. The van der Waals surface area contributed by atoms with Crippen molar-refractivity contribution in [3.8, 4) is 5.75 Å². The predicted molar refractivity (Wildman–Crippen MR) is 133 cm³/mol. The number of nitrogens with zero attached hydrogens (tertiary/aromatic N) is 2. The third-order valence-electron chi connectivity index (χ3n) is 5.43. The molecule has 1 amide bonds. The molecule has 1 N–H and O–H groups in total. The molecule has 0 bridgehead atoms. The number of imidazole rings is 1. The Morgan fingerprint density at radius 1 is 1.00 bits per heavy atom. The van der Waals surface area contributed by atoms with Crippen molar-refractivity contribution < 1.29 is 9.53 Å². The van der Waals surface area contributed by atoms with Crippen LogP contribution in [0.3, 0.4) is 0 Å². The Labute approximate surface area is 203 Å². The maximum atomic E-state index is 12.6. The van der Waals surface area contributed by atoms with E-state index in [1.807, 2.05) is 43.3 Å². The molecular weight excluding hydrogens is 457 g/mol. The first-order valence-electron chi connectivity index (χ1n) is 10.9. The van der Waals surface area contributed by atoms with E-state index in [-0.39, 0.29) is 5.91 Å². The molecule has 0 unspecified atom stereocenters. The number of para-hydroxylation sites is 2. The van der Waals surface area contributed by atoms with E-state index in [0.717, 1.165) is 52.6 Å². The first-order chi connectivity index (χ1) is 16.0. The van der Waals surface area contributed by atoms with E-state index in [9.17, 15) is 4.79 Å². The van der Waals surface area contributed by atoms with Crippen LogP contribution in [0.1, 0.15) is 34.6 Å². The molecule has 0 aliphatic heterocycles. The minimum Gasteiger partial charge on any atom is -0.494 e. The van der Waals surface area contributed by atoms with E-state index in [4.69, 9.17) is 32.9 Å². The fraction of sp³-hybridized carbons (Fsp3) is 0.231. The topological polar surface area (TPSA) is 56.1 Å². The van der Waals surface area contributed by atoms with E-state index in [1.165, 1.54) is 0 Å². The number of halogens is 2. The lowest BCUT2D eigenvalue weighted by atomic mass is 10.2. The van der Waals surface area contributed by atoms with E-state index >= 15 is 0 Å². The highest BCUT2D eigenvalue weighted by Crippen LogP contribution is 2.22. The van der Waals surface area contributed by atoms with Gasteiger partial charge in [0.15, 0.2) is 0 Å². The van der Waals surface area contributed by atoms with Crippen molar-refractivity contribution in [1.29, 1.82) is 0 Å². The molecule has 1 heterocycles. The maximum absolute atomic E-state index is 12.6. The van der Waals surface area contributed by atoms with E-state index in [1.54, 1.807) is 24.3 Å². The molecule has 7 heteroatoms. The second-order valence-corrected chi connectivity index (χ2v) is 8.61. The van der Waals surface area contributed by atoms with Gasteiger partial charge in [-0.1, -0.05) is 47.5 Å². The number of carbonyl (C=O) groups excluding carboxylic acids is 1. The SMILES string of the molecule is Cc1cc(OCCCCn2c(CNC(=O)c3ccccc3Cl)nc3ccccc32)ccc1Cl. The number of amides is 1. The van der Waals surface area contributed by atoms with Crippen molar-refractivity contribution in [1.82, 2.24) is 14.9 Å². The van der Waals surface area contributed by atoms with Crippen LogP contribution >= 0.6 is 23.2 Å². The average molecular weight is 482 g/mol. The fourth-order valence-electron chi connectivity index (χ4n) is 3.68. The van der Waals surface area contributed by atoms with Gasteiger partial charge in [-0.05, 0) is 67.8 Å². The van der Waals surface area contributed by atoms with Gasteiger partial charge >= 0.3 is 0 Å². The van der Waals surface area contributed by atoms with Crippen LogP contribution in [0.25, 0.3) is 11.0 Å². The molecule has 0 saturated carbocycles. The zero-order valence-corrected chi connectivity index (χ0v) is 19.9. The van der Waals surface area contributed by atoms with Crippen molar-refractivity contribution in [3.05, 3.63) is 93.7 Å². The highest BCUT2D eigenvalue weighted by Gasteiger charge is 2.14. The molecular formula is C26H25Cl2N3O2. The van der Waals surface area contributed by atoms with Gasteiger partial charge in [0.2, 0.25) is 0 Å². The zero-order valence-electron chi connectivity index (χ0n) is 18.4. The number of hydrogen-bond donors (Lipinski definition) is 1. The molecule has 0 atom stereocenters. The molecule has 0 aliphatic carbocycles. The van der Waals surface area contributed by atoms with Crippen LogP contribution in [0.15, 0.2) is 66.7 Å². The number of aromatic nitrogens is 2. The standard InChI is InChI=1S/C26H25Cl2N3O2/c1-18-16-19(12-13-21(18)27)33-15-7-6-14-31-24-11-5-4-10-23(24)30-25(31)17-29-26(32)20-8-2-3-9-22(20)28/h2-5,8-13,16H,6-7,14-15,17H2,1H3,(H,29,32). The number of aryl methyl sites for hydroxylation is 2. The molecule has 0 spiro atoms. The van der Waals surface area contributed by atoms with Crippen LogP contribution in [-0.2, 0) is 13.1 Å². The molecule has 170 valence electrons. The van der Waals surface area contributed by atoms with Crippen LogP contribution in [-0.4, -0.2) is 22.1 Å². The average Bonchev–Trinajstić information content (AvgIpc) is 3.17. The molecule has 4 aromatic rings. The number of fused-ring (bicyclic) bond motifs is 1. The van der Waals surface area contributed by atoms with Crippen molar-refractivity contribution in [2.45, 2.75) is 32.9 Å². The van der Waals surface area contributed by atoms with Gasteiger partial charge in [0.05, 0.1) is 34.8 Å². The van der Waals surface area contributed by atoms with E-state index < -0.39 is 0 Å². The van der Waals surface area contributed by atoms with Gasteiger partial charge in [0.1, 0.15) is 11.6 Å². The second-order valence-electron chi connectivity index (χ2n) is 7.80. The molecule has 1 aromatic heterocycles. The number of nitrogens with one attached hydrogen (secondary N) is 1. The Bertz CT molecular complexity index is 1270. The van der Waals surface area contributed by atoms with Crippen molar-refractivity contribution in [2.75, 3.05) is 6.61 Å². The molecule has 5 nitrogen and oxygen atoms in total. The molecule has 0 saturated heterocycles. The number of benzene rings is 3. The third kappa shape index (κ3) is 5.67. The van der Waals surface area contributed by atoms with Crippen LogP contribution < -0.4 is 10.1 Å². The minimum absolute atomic E-state index is 0.217. The Kier molecular flexibility index (Phi) is 7.53. The van der Waals surface area contributed by atoms with Gasteiger partial charge in [-0.3, -0.25) is 4.79 Å². The summed E-state index contributed by atoms with van der Waals surface area (Å²) in [5.41, 5.74) is 3.42. The van der Waals surface area contributed by atoms with Gasteiger partial charge in [-0.2, -0.15) is 0 Å². The van der Waals surface area contributed by atoms with E-state index in [0.29, 0.717) is 23.7 Å². The summed E-state index contributed by atoms with van der Waals surface area (Å²) >= 11 is 12.2. The summed E-state index contributed by atoms with van der Waals surface area (Å²) in [7, 11) is 0. The highest BCUT2D eigenvalue weighted by atomic mass is 35.5. The first kappa shape index (κ1) is 23.1. The van der Waals surface area contributed by atoms with Crippen molar-refractivity contribution in [3.63, 3.8) is 0 Å². The molecule has 33 heavy (non-hydrogen) atoms. The third-order valence-corrected chi connectivity index (χ3v) is 6.19. The Hall–Kier alpha value is -3.02. The van der Waals surface area contributed by atoms with E-state index in [2.05, 4.69) is 16.0 Å². The normalized spacial score (nSPS) is 11.0. The summed E-state index contributed by atoms with van der Waals surface area (Å²) in [4.78, 5) is 17.3. The minimum atomic E-state index is -0.217.